The van der Waals surface area contributed by atoms with Crippen molar-refractivity contribution in [2.45, 2.75) is 4.90 Å². The summed E-state index contributed by atoms with van der Waals surface area (Å²) in [5.41, 5.74) is 0. The van der Waals surface area contributed by atoms with E-state index >= 15 is 0 Å². The van der Waals surface area contributed by atoms with E-state index in [0.717, 1.165) is 0 Å². The molecule has 0 aliphatic heterocycles. The first kappa shape index (κ1) is 15.4. The summed E-state index contributed by atoms with van der Waals surface area (Å²) in [7, 11) is -2.33. The zero-order valence-corrected chi connectivity index (χ0v) is 11.1. The maximum atomic E-state index is 11.9. The van der Waals surface area contributed by atoms with Crippen LogP contribution in [-0.2, 0) is 19.6 Å². The molecular weight excluding hydrogens is 274 g/mol. The van der Waals surface area contributed by atoms with Crippen molar-refractivity contribution < 1.29 is 27.8 Å². The van der Waals surface area contributed by atoms with Crippen LogP contribution >= 0.6 is 0 Å². The summed E-state index contributed by atoms with van der Waals surface area (Å²) in [6, 6.07) is 6.20. The van der Waals surface area contributed by atoms with Crippen LogP contribution in [0, 0.1) is 0 Å². The van der Waals surface area contributed by atoms with Gasteiger partial charge in [-0.3, -0.25) is 0 Å². The normalized spacial score (nSPS) is 11.2. The lowest BCUT2D eigenvalue weighted by atomic mass is 10.3. The van der Waals surface area contributed by atoms with E-state index in [2.05, 4.69) is 4.72 Å². The summed E-state index contributed by atoms with van der Waals surface area (Å²) < 4.78 is 35.9. The molecule has 106 valence electrons. The van der Waals surface area contributed by atoms with Gasteiger partial charge < -0.3 is 14.6 Å². The number of para-hydroxylation sites is 1. The molecule has 0 radical (unpaired) electrons. The number of benzene rings is 1. The van der Waals surface area contributed by atoms with Crippen molar-refractivity contribution in [1.82, 2.24) is 4.72 Å². The van der Waals surface area contributed by atoms with Crippen molar-refractivity contribution in [3.8, 4) is 5.75 Å². The largest absolute Gasteiger partial charge is 0.495 e. The fourth-order valence-corrected chi connectivity index (χ4v) is 2.51. The molecule has 0 heterocycles. The lowest BCUT2D eigenvalue weighted by Gasteiger charge is -2.10. The molecule has 1 aromatic carbocycles. The minimum atomic E-state index is -3.71. The zero-order valence-electron chi connectivity index (χ0n) is 10.3. The maximum Gasteiger partial charge on any atom is 0.329 e. The Hall–Kier alpha value is -1.64. The second kappa shape index (κ2) is 7.07. The number of carbonyl (C=O) groups is 1. The summed E-state index contributed by atoms with van der Waals surface area (Å²) in [5, 5.41) is 8.34. The van der Waals surface area contributed by atoms with Gasteiger partial charge in [0.25, 0.3) is 0 Å². The molecule has 0 saturated heterocycles. The lowest BCUT2D eigenvalue weighted by Crippen LogP contribution is -2.28. The summed E-state index contributed by atoms with van der Waals surface area (Å²) in [6.45, 7) is -0.509. The summed E-state index contributed by atoms with van der Waals surface area (Å²) in [6.07, 6.45) is 0. The Morgan fingerprint density at radius 3 is 2.68 bits per heavy atom. The van der Waals surface area contributed by atoms with Crippen molar-refractivity contribution >= 4 is 16.0 Å². The van der Waals surface area contributed by atoms with Crippen LogP contribution in [0.5, 0.6) is 5.75 Å². The molecule has 19 heavy (non-hydrogen) atoms. The second-order valence-electron chi connectivity index (χ2n) is 3.49. The molecule has 2 N–H and O–H groups in total. The van der Waals surface area contributed by atoms with Gasteiger partial charge in [0, 0.05) is 6.54 Å². The second-order valence-corrected chi connectivity index (χ2v) is 5.23. The van der Waals surface area contributed by atoms with E-state index in [-0.39, 0.29) is 23.8 Å². The Morgan fingerprint density at radius 2 is 2.05 bits per heavy atom. The Balaban J connectivity index is 2.59. The van der Waals surface area contributed by atoms with E-state index in [4.69, 9.17) is 14.6 Å². The lowest BCUT2D eigenvalue weighted by molar-refractivity contribution is -0.142. The molecule has 1 aromatic rings. The van der Waals surface area contributed by atoms with Crippen molar-refractivity contribution in [2.24, 2.45) is 0 Å². The molecule has 8 heteroatoms. The van der Waals surface area contributed by atoms with Crippen LogP contribution in [0.1, 0.15) is 0 Å². The predicted octanol–water partition coefficient (Wildman–Crippen LogP) is 0.0747. The van der Waals surface area contributed by atoms with Gasteiger partial charge in [-0.05, 0) is 12.1 Å². The SMILES string of the molecule is COc1ccccc1S(=O)(=O)NCCOCC(=O)O. The van der Waals surface area contributed by atoms with Crippen LogP contribution in [0.25, 0.3) is 0 Å². The number of aliphatic carboxylic acids is 1. The van der Waals surface area contributed by atoms with Crippen molar-refractivity contribution in [3.05, 3.63) is 24.3 Å². The van der Waals surface area contributed by atoms with Crippen LogP contribution in [-0.4, -0.2) is 46.4 Å². The number of carboxylic acids is 1. The first-order valence-electron chi connectivity index (χ1n) is 5.39. The highest BCUT2D eigenvalue weighted by molar-refractivity contribution is 7.89. The Morgan fingerprint density at radius 1 is 1.37 bits per heavy atom. The van der Waals surface area contributed by atoms with Gasteiger partial charge >= 0.3 is 5.97 Å². The molecule has 0 aliphatic carbocycles. The number of methoxy groups -OCH3 is 1. The first-order valence-corrected chi connectivity index (χ1v) is 6.88. The predicted molar refractivity (Wildman–Crippen MR) is 66.6 cm³/mol. The molecule has 0 spiro atoms. The third-order valence-corrected chi connectivity index (χ3v) is 3.62. The number of sulfonamides is 1. The smallest absolute Gasteiger partial charge is 0.329 e. The number of nitrogens with one attached hydrogen (secondary N) is 1. The minimum Gasteiger partial charge on any atom is -0.495 e. The van der Waals surface area contributed by atoms with E-state index in [1.54, 1.807) is 12.1 Å². The zero-order chi connectivity index (χ0) is 14.3. The van der Waals surface area contributed by atoms with Gasteiger partial charge in [-0.25, -0.2) is 17.9 Å². The quantitative estimate of drug-likeness (QED) is 0.657. The number of carboxylic acid groups (broad SMARTS) is 1. The average Bonchev–Trinajstić information content (AvgIpc) is 2.37. The van der Waals surface area contributed by atoms with Crippen LogP contribution in [0.2, 0.25) is 0 Å². The van der Waals surface area contributed by atoms with Crippen LogP contribution in [0.3, 0.4) is 0 Å². The number of hydrogen-bond acceptors (Lipinski definition) is 5. The third-order valence-electron chi connectivity index (χ3n) is 2.12. The molecule has 0 fully saturated rings. The highest BCUT2D eigenvalue weighted by atomic mass is 32.2. The number of hydrogen-bond donors (Lipinski definition) is 2. The van der Waals surface area contributed by atoms with Crippen molar-refractivity contribution in [2.75, 3.05) is 26.9 Å². The maximum absolute atomic E-state index is 11.9. The third kappa shape index (κ3) is 4.86. The van der Waals surface area contributed by atoms with E-state index < -0.39 is 22.6 Å². The highest BCUT2D eigenvalue weighted by Crippen LogP contribution is 2.22. The van der Waals surface area contributed by atoms with E-state index in [1.165, 1.54) is 19.2 Å². The fraction of sp³-hybridized carbons (Fsp3) is 0.364. The van der Waals surface area contributed by atoms with Crippen molar-refractivity contribution in [3.63, 3.8) is 0 Å². The molecule has 0 amide bonds. The summed E-state index contributed by atoms with van der Waals surface area (Å²) >= 11 is 0. The molecule has 0 unspecified atom stereocenters. The molecular formula is C11H15NO6S. The number of rotatable bonds is 8. The van der Waals surface area contributed by atoms with Gasteiger partial charge in [0.1, 0.15) is 17.3 Å². The Kier molecular flexibility index (Phi) is 5.74. The summed E-state index contributed by atoms with van der Waals surface area (Å²) in [4.78, 5) is 10.2. The topological polar surface area (TPSA) is 102 Å². The highest BCUT2D eigenvalue weighted by Gasteiger charge is 2.18. The Labute approximate surface area is 111 Å². The van der Waals surface area contributed by atoms with Crippen LogP contribution in [0.15, 0.2) is 29.2 Å². The van der Waals surface area contributed by atoms with Gasteiger partial charge in [-0.15, -0.1) is 0 Å². The summed E-state index contributed by atoms with van der Waals surface area (Å²) in [5.74, 6) is -0.867. The number of ether oxygens (including phenoxy) is 2. The van der Waals surface area contributed by atoms with Gasteiger partial charge in [0.15, 0.2) is 0 Å². The Bertz CT molecular complexity index is 528. The van der Waals surface area contributed by atoms with E-state index in [1.807, 2.05) is 0 Å². The fourth-order valence-electron chi connectivity index (χ4n) is 1.33. The van der Waals surface area contributed by atoms with Gasteiger partial charge in [-0.2, -0.15) is 0 Å². The first-order chi connectivity index (χ1) is 8.97. The molecule has 0 aliphatic rings. The average molecular weight is 289 g/mol. The standard InChI is InChI=1S/C11H15NO6S/c1-17-9-4-2-3-5-10(9)19(15,16)12-6-7-18-8-11(13)14/h2-5,12H,6-8H2,1H3,(H,13,14). The van der Waals surface area contributed by atoms with Gasteiger partial charge in [-0.1, -0.05) is 12.1 Å². The van der Waals surface area contributed by atoms with E-state index in [0.29, 0.717) is 0 Å². The van der Waals surface area contributed by atoms with Crippen LogP contribution < -0.4 is 9.46 Å². The monoisotopic (exact) mass is 289 g/mol. The van der Waals surface area contributed by atoms with Crippen molar-refractivity contribution in [1.29, 1.82) is 0 Å². The van der Waals surface area contributed by atoms with Crippen LogP contribution in [0.4, 0.5) is 0 Å². The van der Waals surface area contributed by atoms with Gasteiger partial charge in [0.05, 0.1) is 13.7 Å². The minimum absolute atomic E-state index is 0.0202. The van der Waals surface area contributed by atoms with E-state index in [9.17, 15) is 13.2 Å². The molecule has 0 saturated carbocycles. The molecule has 0 atom stereocenters. The molecule has 7 nitrogen and oxygen atoms in total. The molecule has 0 bridgehead atoms. The molecule has 1 rings (SSSR count). The van der Waals surface area contributed by atoms with Gasteiger partial charge in [0.2, 0.25) is 10.0 Å². The molecule has 0 aromatic heterocycles.